The highest BCUT2D eigenvalue weighted by molar-refractivity contribution is 5.88. The number of aryl methyl sites for hydroxylation is 2. The first-order valence-corrected chi connectivity index (χ1v) is 3.99. The van der Waals surface area contributed by atoms with Gasteiger partial charge in [-0.2, -0.15) is 5.10 Å². The molecule has 0 unspecified atom stereocenters. The molecule has 0 aliphatic heterocycles. The van der Waals surface area contributed by atoms with Crippen LogP contribution in [0.25, 0.3) is 0 Å². The fourth-order valence-corrected chi connectivity index (χ4v) is 0.949. The normalized spacial score (nSPS) is 9.85. The Balaban J connectivity index is 2.74. The van der Waals surface area contributed by atoms with Crippen molar-refractivity contribution in [2.75, 3.05) is 19.4 Å². The first kappa shape index (κ1) is 9.57. The van der Waals surface area contributed by atoms with Crippen LogP contribution in [-0.2, 0) is 7.05 Å². The van der Waals surface area contributed by atoms with Gasteiger partial charge in [0.25, 0.3) is 0 Å². The van der Waals surface area contributed by atoms with Crippen molar-refractivity contribution in [2.24, 2.45) is 7.05 Å². The molecule has 0 aliphatic carbocycles. The third-order valence-electron chi connectivity index (χ3n) is 1.64. The van der Waals surface area contributed by atoms with E-state index in [1.807, 2.05) is 13.0 Å². The Morgan fingerprint density at radius 2 is 2.23 bits per heavy atom. The van der Waals surface area contributed by atoms with Crippen molar-refractivity contribution in [1.29, 1.82) is 0 Å². The zero-order valence-electron chi connectivity index (χ0n) is 8.33. The van der Waals surface area contributed by atoms with Gasteiger partial charge in [-0.15, -0.1) is 0 Å². The molecule has 1 rings (SSSR count). The highest BCUT2D eigenvalue weighted by atomic mass is 16.2. The minimum Gasteiger partial charge on any atom is -0.331 e. The quantitative estimate of drug-likeness (QED) is 0.699. The van der Waals surface area contributed by atoms with E-state index in [-0.39, 0.29) is 6.03 Å². The minimum atomic E-state index is -0.150. The third-order valence-corrected chi connectivity index (χ3v) is 1.64. The van der Waals surface area contributed by atoms with Crippen molar-refractivity contribution < 1.29 is 4.79 Å². The van der Waals surface area contributed by atoms with E-state index in [1.165, 1.54) is 4.90 Å². The zero-order valence-corrected chi connectivity index (χ0v) is 8.33. The van der Waals surface area contributed by atoms with E-state index >= 15 is 0 Å². The first-order valence-electron chi connectivity index (χ1n) is 3.99. The van der Waals surface area contributed by atoms with Crippen LogP contribution in [-0.4, -0.2) is 34.8 Å². The van der Waals surface area contributed by atoms with Gasteiger partial charge in [0.15, 0.2) is 0 Å². The van der Waals surface area contributed by atoms with E-state index in [9.17, 15) is 4.79 Å². The second kappa shape index (κ2) is 3.47. The van der Waals surface area contributed by atoms with Crippen LogP contribution in [0.2, 0.25) is 0 Å². The summed E-state index contributed by atoms with van der Waals surface area (Å²) in [5.41, 5.74) is 0.886. The molecule has 0 saturated carbocycles. The predicted octanol–water partition coefficient (Wildman–Crippen LogP) is 0.822. The summed E-state index contributed by atoms with van der Waals surface area (Å²) in [6.07, 6.45) is 0. The molecular formula is C8H14N4O. The summed E-state index contributed by atoms with van der Waals surface area (Å²) in [6, 6.07) is 1.67. The molecule has 5 nitrogen and oxygen atoms in total. The molecule has 0 aromatic carbocycles. The van der Waals surface area contributed by atoms with Crippen molar-refractivity contribution in [3.63, 3.8) is 0 Å². The molecule has 1 aromatic rings. The number of aromatic nitrogens is 2. The minimum absolute atomic E-state index is 0.150. The van der Waals surface area contributed by atoms with Crippen LogP contribution in [0.15, 0.2) is 6.07 Å². The molecule has 0 fully saturated rings. The molecule has 0 radical (unpaired) electrons. The fourth-order valence-electron chi connectivity index (χ4n) is 0.949. The summed E-state index contributed by atoms with van der Waals surface area (Å²) < 4.78 is 1.64. The van der Waals surface area contributed by atoms with Crippen molar-refractivity contribution in [3.05, 3.63) is 11.8 Å². The molecule has 72 valence electrons. The number of urea groups is 1. The van der Waals surface area contributed by atoms with Gasteiger partial charge >= 0.3 is 6.03 Å². The summed E-state index contributed by atoms with van der Waals surface area (Å²) >= 11 is 0. The van der Waals surface area contributed by atoms with Gasteiger partial charge in [0.2, 0.25) is 0 Å². The Hall–Kier alpha value is -1.52. The Morgan fingerprint density at radius 3 is 2.62 bits per heavy atom. The van der Waals surface area contributed by atoms with Crippen molar-refractivity contribution >= 4 is 11.8 Å². The molecule has 0 spiro atoms. The topological polar surface area (TPSA) is 50.2 Å². The third kappa shape index (κ3) is 2.21. The summed E-state index contributed by atoms with van der Waals surface area (Å²) in [4.78, 5) is 12.7. The van der Waals surface area contributed by atoms with E-state index in [0.29, 0.717) is 5.82 Å². The molecule has 0 saturated heterocycles. The van der Waals surface area contributed by atoms with E-state index in [4.69, 9.17) is 0 Å². The second-order valence-electron chi connectivity index (χ2n) is 3.12. The Bertz CT molecular complexity index is 316. The Morgan fingerprint density at radius 1 is 1.62 bits per heavy atom. The molecule has 0 atom stereocenters. The molecule has 1 heterocycles. The van der Waals surface area contributed by atoms with Crippen LogP contribution in [0.4, 0.5) is 10.6 Å². The van der Waals surface area contributed by atoms with Crippen molar-refractivity contribution in [1.82, 2.24) is 14.7 Å². The number of nitrogens with one attached hydrogen (secondary N) is 1. The highest BCUT2D eigenvalue weighted by Crippen LogP contribution is 2.07. The standard InChI is InChI=1S/C8H14N4O/c1-6-5-7(12(4)10-6)9-8(13)11(2)3/h5H,1-4H3,(H,9,13). The largest absolute Gasteiger partial charge is 0.331 e. The maximum Gasteiger partial charge on any atom is 0.322 e. The van der Waals surface area contributed by atoms with Gasteiger partial charge in [-0.05, 0) is 6.92 Å². The summed E-state index contributed by atoms with van der Waals surface area (Å²) in [5.74, 6) is 0.705. The Kier molecular flexibility index (Phi) is 2.55. The van der Waals surface area contributed by atoms with E-state index in [0.717, 1.165) is 5.69 Å². The first-order chi connectivity index (χ1) is 6.00. The monoisotopic (exact) mass is 182 g/mol. The van der Waals surface area contributed by atoms with Crippen LogP contribution < -0.4 is 5.32 Å². The van der Waals surface area contributed by atoms with Gasteiger partial charge < -0.3 is 4.90 Å². The Labute approximate surface area is 77.3 Å². The molecule has 2 amide bonds. The molecule has 0 aliphatic rings. The lowest BCUT2D eigenvalue weighted by molar-refractivity contribution is 0.230. The molecule has 5 heteroatoms. The summed E-state index contributed by atoms with van der Waals surface area (Å²) in [7, 11) is 5.18. The number of amides is 2. The molecular weight excluding hydrogens is 168 g/mol. The molecule has 1 aromatic heterocycles. The number of carbonyl (C=O) groups excluding carboxylic acids is 1. The summed E-state index contributed by atoms with van der Waals surface area (Å²) in [6.45, 7) is 1.88. The van der Waals surface area contributed by atoms with Crippen LogP contribution >= 0.6 is 0 Å². The average molecular weight is 182 g/mol. The van der Waals surface area contributed by atoms with Crippen LogP contribution in [0.1, 0.15) is 5.69 Å². The lowest BCUT2D eigenvalue weighted by Crippen LogP contribution is -2.28. The van der Waals surface area contributed by atoms with Gasteiger partial charge in [-0.3, -0.25) is 10.00 Å². The van der Waals surface area contributed by atoms with Crippen molar-refractivity contribution in [2.45, 2.75) is 6.92 Å². The molecule has 13 heavy (non-hydrogen) atoms. The summed E-state index contributed by atoms with van der Waals surface area (Å²) in [5, 5.41) is 6.82. The maximum atomic E-state index is 11.2. The van der Waals surface area contributed by atoms with E-state index < -0.39 is 0 Å². The van der Waals surface area contributed by atoms with Crippen LogP contribution in [0, 0.1) is 6.92 Å². The number of nitrogens with zero attached hydrogens (tertiary/aromatic N) is 3. The SMILES string of the molecule is Cc1cc(NC(=O)N(C)C)n(C)n1. The smallest absolute Gasteiger partial charge is 0.322 e. The number of carbonyl (C=O) groups is 1. The van der Waals surface area contributed by atoms with Crippen LogP contribution in [0.5, 0.6) is 0 Å². The number of hydrogen-bond donors (Lipinski definition) is 1. The van der Waals surface area contributed by atoms with Gasteiger partial charge in [0, 0.05) is 27.2 Å². The zero-order chi connectivity index (χ0) is 10.0. The van der Waals surface area contributed by atoms with Gasteiger partial charge in [0.1, 0.15) is 5.82 Å². The maximum absolute atomic E-state index is 11.2. The van der Waals surface area contributed by atoms with Crippen molar-refractivity contribution in [3.8, 4) is 0 Å². The molecule has 0 bridgehead atoms. The van der Waals surface area contributed by atoms with Gasteiger partial charge in [-0.25, -0.2) is 4.79 Å². The van der Waals surface area contributed by atoms with E-state index in [2.05, 4.69) is 10.4 Å². The number of hydrogen-bond acceptors (Lipinski definition) is 2. The van der Waals surface area contributed by atoms with Gasteiger partial charge in [0.05, 0.1) is 5.69 Å². The highest BCUT2D eigenvalue weighted by Gasteiger charge is 2.07. The van der Waals surface area contributed by atoms with Crippen LogP contribution in [0.3, 0.4) is 0 Å². The molecule has 1 N–H and O–H groups in total. The average Bonchev–Trinajstić information content (AvgIpc) is 2.30. The lowest BCUT2D eigenvalue weighted by atomic mass is 10.5. The predicted molar refractivity (Wildman–Crippen MR) is 50.7 cm³/mol. The van der Waals surface area contributed by atoms with Gasteiger partial charge in [-0.1, -0.05) is 0 Å². The fraction of sp³-hybridized carbons (Fsp3) is 0.500. The number of anilines is 1. The number of rotatable bonds is 1. The lowest BCUT2D eigenvalue weighted by Gasteiger charge is -2.11. The second-order valence-corrected chi connectivity index (χ2v) is 3.12. The van der Waals surface area contributed by atoms with E-state index in [1.54, 1.807) is 25.8 Å².